The molecule has 0 amide bonds. The Morgan fingerprint density at radius 3 is 2.47 bits per heavy atom. The Hall–Kier alpha value is -2.87. The Morgan fingerprint density at radius 1 is 0.938 bits per heavy atom. The molecule has 1 saturated carbocycles. The van der Waals surface area contributed by atoms with E-state index < -0.39 is 12.1 Å². The van der Waals surface area contributed by atoms with Gasteiger partial charge in [-0.05, 0) is 62.3 Å². The Labute approximate surface area is 186 Å². The van der Waals surface area contributed by atoms with Gasteiger partial charge >= 0.3 is 0 Å². The van der Waals surface area contributed by atoms with Crippen LogP contribution in [0.5, 0.6) is 0 Å². The summed E-state index contributed by atoms with van der Waals surface area (Å²) in [6.07, 6.45) is 8.12. The zero-order chi connectivity index (χ0) is 22.1. The number of anilines is 2. The van der Waals surface area contributed by atoms with E-state index in [4.69, 9.17) is 5.73 Å². The minimum absolute atomic E-state index is 0.0257. The first kappa shape index (κ1) is 21.0. The molecule has 3 aromatic rings. The van der Waals surface area contributed by atoms with Gasteiger partial charge in [-0.3, -0.25) is 0 Å². The van der Waals surface area contributed by atoms with Gasteiger partial charge in [-0.1, -0.05) is 6.07 Å². The van der Waals surface area contributed by atoms with E-state index in [9.17, 15) is 8.78 Å². The van der Waals surface area contributed by atoms with Gasteiger partial charge in [-0.2, -0.15) is 4.39 Å². The van der Waals surface area contributed by atoms with Crippen LogP contribution in [0.3, 0.4) is 0 Å². The van der Waals surface area contributed by atoms with Crippen molar-refractivity contribution in [2.45, 2.75) is 56.8 Å². The van der Waals surface area contributed by atoms with E-state index in [1.807, 2.05) is 18.2 Å². The summed E-state index contributed by atoms with van der Waals surface area (Å²) in [6.45, 7) is 1.76. The van der Waals surface area contributed by atoms with E-state index in [1.165, 1.54) is 6.20 Å². The molecule has 6 nitrogen and oxygen atoms in total. The summed E-state index contributed by atoms with van der Waals surface area (Å²) < 4.78 is 26.9. The Morgan fingerprint density at radius 2 is 1.72 bits per heavy atom. The van der Waals surface area contributed by atoms with Crippen LogP contribution in [-0.4, -0.2) is 51.2 Å². The number of piperidine rings is 1. The summed E-state index contributed by atoms with van der Waals surface area (Å²) in [7, 11) is 0. The van der Waals surface area contributed by atoms with Crippen LogP contribution in [-0.2, 0) is 0 Å². The van der Waals surface area contributed by atoms with Crippen molar-refractivity contribution in [1.29, 1.82) is 0 Å². The number of rotatable bonds is 4. The fourth-order valence-corrected chi connectivity index (χ4v) is 4.99. The van der Waals surface area contributed by atoms with Crippen molar-refractivity contribution in [3.63, 3.8) is 0 Å². The predicted molar refractivity (Wildman–Crippen MR) is 123 cm³/mol. The number of nitrogen functional groups attached to an aromatic ring is 1. The highest BCUT2D eigenvalue weighted by atomic mass is 19.1. The van der Waals surface area contributed by atoms with E-state index in [-0.39, 0.29) is 5.69 Å². The normalized spacial score (nSPS) is 22.8. The second-order valence-electron chi connectivity index (χ2n) is 8.92. The zero-order valence-electron chi connectivity index (χ0n) is 18.0. The first-order chi connectivity index (χ1) is 15.6. The van der Waals surface area contributed by atoms with Gasteiger partial charge in [0.2, 0.25) is 5.95 Å². The molecule has 0 atom stereocenters. The lowest BCUT2D eigenvalue weighted by molar-refractivity contribution is 0.0895. The molecule has 1 aromatic carbocycles. The summed E-state index contributed by atoms with van der Waals surface area (Å²) in [4.78, 5) is 15.1. The standard InChI is InChI=1S/C24H28F2N6/c25-17-7-9-32(10-8-17)19-4-2-18(3-5-19)31-24-20-11-15(1-6-22(20)29-14-30-24)16-12-21(27)23(26)28-13-16/h1,6,11-14,17-19H,2-5,7-10,27H2,(H,29,30,31). The van der Waals surface area contributed by atoms with Crippen LogP contribution in [0.15, 0.2) is 36.8 Å². The minimum Gasteiger partial charge on any atom is -0.395 e. The maximum absolute atomic E-state index is 13.5. The molecule has 1 saturated heterocycles. The Kier molecular flexibility index (Phi) is 5.87. The van der Waals surface area contributed by atoms with Gasteiger partial charge in [-0.25, -0.2) is 19.3 Å². The molecule has 3 N–H and O–H groups in total. The molecule has 2 aromatic heterocycles. The van der Waals surface area contributed by atoms with Crippen molar-refractivity contribution in [2.24, 2.45) is 0 Å². The Bertz CT molecular complexity index is 1090. The number of pyridine rings is 1. The fourth-order valence-electron chi connectivity index (χ4n) is 4.99. The van der Waals surface area contributed by atoms with Gasteiger partial charge in [0.05, 0.1) is 11.2 Å². The molecule has 2 fully saturated rings. The first-order valence-corrected chi connectivity index (χ1v) is 11.4. The van der Waals surface area contributed by atoms with Gasteiger partial charge in [0.15, 0.2) is 0 Å². The number of fused-ring (bicyclic) bond motifs is 1. The lowest BCUT2D eigenvalue weighted by Crippen LogP contribution is -2.45. The molecule has 8 heteroatoms. The van der Waals surface area contributed by atoms with Gasteiger partial charge in [-0.15, -0.1) is 0 Å². The SMILES string of the molecule is Nc1cc(-c2ccc3ncnc(NC4CCC(N5CCC(F)CC5)CC4)c3c2)cnc1F. The van der Waals surface area contributed by atoms with Crippen LogP contribution in [0.2, 0.25) is 0 Å². The number of likely N-dealkylation sites (tertiary alicyclic amines) is 1. The highest BCUT2D eigenvalue weighted by Crippen LogP contribution is 2.31. The summed E-state index contributed by atoms with van der Waals surface area (Å²) in [6, 6.07) is 8.36. The van der Waals surface area contributed by atoms with E-state index >= 15 is 0 Å². The van der Waals surface area contributed by atoms with Crippen LogP contribution in [0, 0.1) is 5.95 Å². The Balaban J connectivity index is 1.30. The van der Waals surface area contributed by atoms with Crippen molar-refractivity contribution in [1.82, 2.24) is 19.9 Å². The number of nitrogens with one attached hydrogen (secondary N) is 1. The number of benzene rings is 1. The number of halogens is 2. The summed E-state index contributed by atoms with van der Waals surface area (Å²) >= 11 is 0. The molecular weight excluding hydrogens is 410 g/mol. The molecule has 1 aliphatic carbocycles. The van der Waals surface area contributed by atoms with Gasteiger partial charge < -0.3 is 16.0 Å². The molecule has 2 aliphatic rings. The number of hydrogen-bond acceptors (Lipinski definition) is 6. The second-order valence-corrected chi connectivity index (χ2v) is 8.92. The topological polar surface area (TPSA) is 80.0 Å². The minimum atomic E-state index is -0.662. The highest BCUT2D eigenvalue weighted by Gasteiger charge is 2.29. The van der Waals surface area contributed by atoms with E-state index in [2.05, 4.69) is 25.2 Å². The lowest BCUT2D eigenvalue weighted by atomic mass is 9.89. The fraction of sp³-hybridized carbons (Fsp3) is 0.458. The number of aromatic nitrogens is 3. The monoisotopic (exact) mass is 438 g/mol. The molecule has 0 bridgehead atoms. The smallest absolute Gasteiger partial charge is 0.236 e. The number of nitrogens with two attached hydrogens (primary N) is 1. The van der Waals surface area contributed by atoms with Crippen molar-refractivity contribution >= 4 is 22.4 Å². The van der Waals surface area contributed by atoms with E-state index in [0.29, 0.717) is 24.9 Å². The largest absolute Gasteiger partial charge is 0.395 e. The second kappa shape index (κ2) is 8.94. The van der Waals surface area contributed by atoms with Crippen LogP contribution >= 0.6 is 0 Å². The first-order valence-electron chi connectivity index (χ1n) is 11.4. The summed E-state index contributed by atoms with van der Waals surface area (Å²) in [5.41, 5.74) is 8.20. The number of hydrogen-bond donors (Lipinski definition) is 2. The maximum Gasteiger partial charge on any atom is 0.236 e. The van der Waals surface area contributed by atoms with Crippen molar-refractivity contribution in [3.05, 3.63) is 42.7 Å². The molecule has 3 heterocycles. The number of alkyl halides is 1. The average molecular weight is 439 g/mol. The third kappa shape index (κ3) is 4.37. The maximum atomic E-state index is 13.5. The third-order valence-corrected chi connectivity index (χ3v) is 6.85. The van der Waals surface area contributed by atoms with Crippen LogP contribution in [0.1, 0.15) is 38.5 Å². The van der Waals surface area contributed by atoms with Crippen molar-refractivity contribution in [2.75, 3.05) is 24.1 Å². The molecule has 168 valence electrons. The zero-order valence-corrected chi connectivity index (χ0v) is 18.0. The van der Waals surface area contributed by atoms with Gasteiger partial charge in [0, 0.05) is 42.3 Å². The molecule has 1 aliphatic heterocycles. The summed E-state index contributed by atoms with van der Waals surface area (Å²) in [5.74, 6) is 0.145. The van der Waals surface area contributed by atoms with Gasteiger partial charge in [0.1, 0.15) is 18.3 Å². The molecule has 32 heavy (non-hydrogen) atoms. The summed E-state index contributed by atoms with van der Waals surface area (Å²) in [5, 5.41) is 4.54. The van der Waals surface area contributed by atoms with Crippen molar-refractivity contribution < 1.29 is 8.78 Å². The molecule has 0 radical (unpaired) electrons. The predicted octanol–water partition coefficient (Wildman–Crippen LogP) is 4.57. The number of nitrogens with zero attached hydrogens (tertiary/aromatic N) is 4. The van der Waals surface area contributed by atoms with E-state index in [1.54, 1.807) is 12.4 Å². The van der Waals surface area contributed by atoms with Crippen LogP contribution in [0.25, 0.3) is 22.0 Å². The van der Waals surface area contributed by atoms with Crippen LogP contribution in [0.4, 0.5) is 20.3 Å². The van der Waals surface area contributed by atoms with E-state index in [0.717, 1.165) is 66.6 Å². The lowest BCUT2D eigenvalue weighted by Gasteiger charge is -2.39. The average Bonchev–Trinajstić information content (AvgIpc) is 2.82. The van der Waals surface area contributed by atoms with Gasteiger partial charge in [0.25, 0.3) is 0 Å². The molecule has 0 unspecified atom stereocenters. The molecular formula is C24H28F2N6. The van der Waals surface area contributed by atoms with Crippen LogP contribution < -0.4 is 11.1 Å². The van der Waals surface area contributed by atoms with Crippen molar-refractivity contribution in [3.8, 4) is 11.1 Å². The molecule has 0 spiro atoms. The highest BCUT2D eigenvalue weighted by molar-refractivity contribution is 5.92. The third-order valence-electron chi connectivity index (χ3n) is 6.85. The molecule has 5 rings (SSSR count). The quantitative estimate of drug-likeness (QED) is 0.581.